The van der Waals surface area contributed by atoms with Crippen LogP contribution in [0.3, 0.4) is 0 Å². The van der Waals surface area contributed by atoms with Crippen LogP contribution in [0, 0.1) is 24.1 Å². The van der Waals surface area contributed by atoms with Gasteiger partial charge in [0.1, 0.15) is 17.1 Å². The number of likely N-dealkylation sites (N-methyl/N-ethyl adjacent to an activating group) is 2. The van der Waals surface area contributed by atoms with Crippen molar-refractivity contribution >= 4 is 17.9 Å². The largest absolute Gasteiger partial charge is 0.326 e. The van der Waals surface area contributed by atoms with Crippen molar-refractivity contribution in [3.05, 3.63) is 76.2 Å². The molecular weight excluding hydrogens is 369 g/mol. The van der Waals surface area contributed by atoms with Gasteiger partial charge in [-0.25, -0.2) is 4.39 Å². The molecule has 1 unspecified atom stereocenters. The molecule has 0 saturated carbocycles. The number of aryl methyl sites for hydroxylation is 1. The van der Waals surface area contributed by atoms with E-state index in [1.165, 1.54) is 15.9 Å². The Hall–Kier alpha value is -3.46. The van der Waals surface area contributed by atoms with Crippen LogP contribution in [-0.2, 0) is 16.0 Å². The number of hydrogen-bond acceptors (Lipinski definition) is 3. The number of hydrogen-bond donors (Lipinski definition) is 0. The van der Waals surface area contributed by atoms with E-state index in [9.17, 15) is 19.2 Å². The minimum atomic E-state index is -1.11. The van der Waals surface area contributed by atoms with Crippen LogP contribution in [0.15, 0.2) is 48.2 Å². The molecule has 0 spiro atoms. The molecule has 3 rings (SSSR count). The van der Waals surface area contributed by atoms with E-state index in [0.29, 0.717) is 16.7 Å². The van der Waals surface area contributed by atoms with Crippen molar-refractivity contribution in [2.75, 3.05) is 14.1 Å². The van der Waals surface area contributed by atoms with Crippen molar-refractivity contribution in [3.8, 4) is 6.07 Å². The van der Waals surface area contributed by atoms with Crippen LogP contribution in [0.2, 0.25) is 0 Å². The van der Waals surface area contributed by atoms with E-state index in [2.05, 4.69) is 6.07 Å². The molecule has 29 heavy (non-hydrogen) atoms. The van der Waals surface area contributed by atoms with Gasteiger partial charge in [-0.1, -0.05) is 30.3 Å². The van der Waals surface area contributed by atoms with E-state index < -0.39 is 5.54 Å². The van der Waals surface area contributed by atoms with E-state index in [1.54, 1.807) is 70.4 Å². The molecule has 1 fully saturated rings. The van der Waals surface area contributed by atoms with Gasteiger partial charge in [0.05, 0.1) is 11.6 Å². The van der Waals surface area contributed by atoms with Gasteiger partial charge in [0, 0.05) is 20.5 Å². The predicted molar refractivity (Wildman–Crippen MR) is 108 cm³/mol. The van der Waals surface area contributed by atoms with Gasteiger partial charge in [0.2, 0.25) is 0 Å². The summed E-state index contributed by atoms with van der Waals surface area (Å²) in [5.74, 6) is -0.875. The standard InChI is InChI=1S/C23H22FN3O2/c1-15-11-16(9-10-19(15)24)13-23(2)22(29)26(3)20(21(28)27(23)4)12-17-7-5-6-8-18(17)14-25/h5-12H,13H2,1-4H3. The molecule has 0 radical (unpaired) electrons. The highest BCUT2D eigenvalue weighted by Crippen LogP contribution is 2.31. The molecule has 5 nitrogen and oxygen atoms in total. The maximum atomic E-state index is 13.6. The zero-order chi connectivity index (χ0) is 21.3. The van der Waals surface area contributed by atoms with Crippen molar-refractivity contribution in [1.29, 1.82) is 5.26 Å². The highest BCUT2D eigenvalue weighted by molar-refractivity contribution is 6.08. The normalized spacial score (nSPS) is 20.9. The summed E-state index contributed by atoms with van der Waals surface area (Å²) in [5.41, 5.74) is 1.35. The predicted octanol–water partition coefficient (Wildman–Crippen LogP) is 3.28. The van der Waals surface area contributed by atoms with E-state index in [1.807, 2.05) is 0 Å². The molecule has 6 heteroatoms. The molecule has 1 aliphatic heterocycles. The van der Waals surface area contributed by atoms with Crippen molar-refractivity contribution < 1.29 is 14.0 Å². The molecule has 1 heterocycles. The number of benzene rings is 2. The van der Waals surface area contributed by atoms with Crippen LogP contribution >= 0.6 is 0 Å². The summed E-state index contributed by atoms with van der Waals surface area (Å²) in [5, 5.41) is 9.29. The first-order valence-corrected chi connectivity index (χ1v) is 9.21. The zero-order valence-electron chi connectivity index (χ0n) is 16.9. The van der Waals surface area contributed by atoms with Gasteiger partial charge < -0.3 is 9.80 Å². The highest BCUT2D eigenvalue weighted by atomic mass is 19.1. The fourth-order valence-corrected chi connectivity index (χ4v) is 3.59. The van der Waals surface area contributed by atoms with Crippen LogP contribution < -0.4 is 0 Å². The van der Waals surface area contributed by atoms with Gasteiger partial charge >= 0.3 is 0 Å². The summed E-state index contributed by atoms with van der Waals surface area (Å²) < 4.78 is 13.6. The molecule has 0 aromatic heterocycles. The minimum Gasteiger partial charge on any atom is -0.326 e. The van der Waals surface area contributed by atoms with Crippen molar-refractivity contribution in [2.24, 2.45) is 0 Å². The molecule has 2 aromatic rings. The lowest BCUT2D eigenvalue weighted by Gasteiger charge is -2.45. The quantitative estimate of drug-likeness (QED) is 0.755. The zero-order valence-corrected chi connectivity index (χ0v) is 16.9. The van der Waals surface area contributed by atoms with Crippen LogP contribution in [0.1, 0.15) is 29.2 Å². The maximum absolute atomic E-state index is 13.6. The number of carbonyl (C=O) groups is 2. The Balaban J connectivity index is 1.99. The topological polar surface area (TPSA) is 64.4 Å². The van der Waals surface area contributed by atoms with Crippen LogP contribution in [0.4, 0.5) is 4.39 Å². The van der Waals surface area contributed by atoms with E-state index in [4.69, 9.17) is 0 Å². The molecule has 0 N–H and O–H groups in total. The lowest BCUT2D eigenvalue weighted by molar-refractivity contribution is -0.155. The molecule has 2 aromatic carbocycles. The third-order valence-corrected chi connectivity index (χ3v) is 5.53. The molecule has 0 aliphatic carbocycles. The Morgan fingerprint density at radius 1 is 1.17 bits per heavy atom. The summed E-state index contributed by atoms with van der Waals surface area (Å²) in [6.45, 7) is 3.38. The second-order valence-electron chi connectivity index (χ2n) is 7.49. The first kappa shape index (κ1) is 20.3. The van der Waals surface area contributed by atoms with Gasteiger partial charge in [-0.2, -0.15) is 5.26 Å². The van der Waals surface area contributed by atoms with Gasteiger partial charge in [0.25, 0.3) is 11.8 Å². The Labute approximate surface area is 169 Å². The van der Waals surface area contributed by atoms with Gasteiger partial charge in [-0.3, -0.25) is 9.59 Å². The Bertz CT molecular complexity index is 1070. The summed E-state index contributed by atoms with van der Waals surface area (Å²) >= 11 is 0. The smallest absolute Gasteiger partial charge is 0.271 e. The van der Waals surface area contributed by atoms with Crippen molar-refractivity contribution in [3.63, 3.8) is 0 Å². The van der Waals surface area contributed by atoms with Crippen LogP contribution in [0.25, 0.3) is 6.08 Å². The average Bonchev–Trinajstić information content (AvgIpc) is 2.71. The first-order chi connectivity index (χ1) is 13.7. The minimum absolute atomic E-state index is 0.202. The number of rotatable bonds is 3. The molecular formula is C23H22FN3O2. The van der Waals surface area contributed by atoms with Crippen molar-refractivity contribution in [2.45, 2.75) is 25.8 Å². The number of halogens is 1. The summed E-state index contributed by atoms with van der Waals surface area (Å²) in [6.07, 6.45) is 1.83. The summed E-state index contributed by atoms with van der Waals surface area (Å²) in [7, 11) is 3.15. The lowest BCUT2D eigenvalue weighted by atomic mass is 9.86. The van der Waals surface area contributed by atoms with Crippen LogP contribution in [-0.4, -0.2) is 41.2 Å². The number of amides is 2. The van der Waals surface area contributed by atoms with Gasteiger partial charge in [-0.05, 0) is 48.7 Å². The van der Waals surface area contributed by atoms with Gasteiger partial charge in [0.15, 0.2) is 0 Å². The first-order valence-electron chi connectivity index (χ1n) is 9.21. The number of carbonyl (C=O) groups excluding carboxylic acids is 2. The Morgan fingerprint density at radius 3 is 2.52 bits per heavy atom. The monoisotopic (exact) mass is 391 g/mol. The second-order valence-corrected chi connectivity index (χ2v) is 7.49. The molecule has 0 bridgehead atoms. The van der Waals surface area contributed by atoms with Gasteiger partial charge in [-0.15, -0.1) is 0 Å². The Morgan fingerprint density at radius 2 is 1.86 bits per heavy atom. The molecule has 2 amide bonds. The van der Waals surface area contributed by atoms with E-state index >= 15 is 0 Å². The van der Waals surface area contributed by atoms with E-state index in [0.717, 1.165) is 5.56 Å². The molecule has 1 aliphatic rings. The summed E-state index contributed by atoms with van der Waals surface area (Å²) in [4.78, 5) is 29.2. The number of nitriles is 1. The second kappa shape index (κ2) is 7.51. The fraction of sp³-hybridized carbons (Fsp3) is 0.261. The van der Waals surface area contributed by atoms with Crippen molar-refractivity contribution in [1.82, 2.24) is 9.80 Å². The lowest BCUT2D eigenvalue weighted by Crippen LogP contribution is -2.64. The molecule has 148 valence electrons. The molecule has 1 atom stereocenters. The fourth-order valence-electron chi connectivity index (χ4n) is 3.59. The third-order valence-electron chi connectivity index (χ3n) is 5.53. The highest BCUT2D eigenvalue weighted by Gasteiger charge is 2.48. The maximum Gasteiger partial charge on any atom is 0.271 e. The Kier molecular flexibility index (Phi) is 5.25. The summed E-state index contributed by atoms with van der Waals surface area (Å²) in [6, 6.07) is 13.7. The number of piperazine rings is 1. The third kappa shape index (κ3) is 3.52. The molecule has 1 saturated heterocycles. The SMILES string of the molecule is Cc1cc(CC2(C)C(=O)N(C)C(=Cc3ccccc3C#N)C(=O)N2C)ccc1F. The van der Waals surface area contributed by atoms with E-state index in [-0.39, 0.29) is 29.7 Å². The average molecular weight is 391 g/mol. The van der Waals surface area contributed by atoms with Crippen LogP contribution in [0.5, 0.6) is 0 Å². The number of nitrogens with zero attached hydrogens (tertiary/aromatic N) is 3.